The molecule has 4 aromatic rings. The Kier molecular flexibility index (Phi) is 8.52. The predicted octanol–water partition coefficient (Wildman–Crippen LogP) is 3.66. The second-order valence-electron chi connectivity index (χ2n) is 9.04. The maximum Gasteiger partial charge on any atom is 0.270 e. The van der Waals surface area contributed by atoms with E-state index in [1.54, 1.807) is 0 Å². The zero-order valence-corrected chi connectivity index (χ0v) is 20.8. The van der Waals surface area contributed by atoms with Gasteiger partial charge in [-0.2, -0.15) is 0 Å². The molecule has 5 rings (SSSR count). The number of rotatable bonds is 12. The molecule has 0 bridgehead atoms. The molecule has 3 aromatic carbocycles. The Morgan fingerprint density at radius 1 is 0.789 bits per heavy atom. The van der Waals surface area contributed by atoms with Crippen LogP contribution < -0.4 is 5.73 Å². The Bertz CT molecular complexity index is 1290. The zero-order valence-electron chi connectivity index (χ0n) is 20.8. The number of primary amides is 1. The summed E-state index contributed by atoms with van der Waals surface area (Å²) in [6, 6.07) is 29.7. The maximum atomic E-state index is 11.7. The number of amides is 1. The molecule has 1 aliphatic rings. The highest BCUT2D eigenvalue weighted by molar-refractivity contribution is 5.90. The minimum atomic E-state index is -0.703. The molecule has 196 valence electrons. The van der Waals surface area contributed by atoms with Crippen LogP contribution in [0.5, 0.6) is 0 Å². The van der Waals surface area contributed by atoms with Gasteiger partial charge in [-0.1, -0.05) is 96.2 Å². The Balaban J connectivity index is 1.38. The Labute approximate surface area is 221 Å². The minimum Gasteiger partial charge on any atom is -0.374 e. The molecular weight excluding hydrogens is 484 g/mol. The molecule has 0 unspecified atom stereocenters. The Morgan fingerprint density at radius 2 is 1.32 bits per heavy atom. The lowest BCUT2D eigenvalue weighted by Crippen LogP contribution is -2.38. The summed E-state index contributed by atoms with van der Waals surface area (Å²) in [5.41, 5.74) is 8.55. The molecule has 1 amide bonds. The highest BCUT2D eigenvalue weighted by atomic mass is 16.6. The summed E-state index contributed by atoms with van der Waals surface area (Å²) in [5, 5.41) is 7.99. The highest BCUT2D eigenvalue weighted by Crippen LogP contribution is 2.35. The quantitative estimate of drug-likeness (QED) is 0.307. The van der Waals surface area contributed by atoms with Gasteiger partial charge in [0.15, 0.2) is 11.9 Å². The lowest BCUT2D eigenvalue weighted by Gasteiger charge is -2.25. The van der Waals surface area contributed by atoms with Crippen LogP contribution in [0.15, 0.2) is 97.2 Å². The first-order chi connectivity index (χ1) is 18.7. The van der Waals surface area contributed by atoms with E-state index in [-0.39, 0.29) is 12.3 Å². The third kappa shape index (κ3) is 6.51. The number of aromatic nitrogens is 3. The molecule has 1 fully saturated rings. The van der Waals surface area contributed by atoms with Crippen molar-refractivity contribution < 1.29 is 23.7 Å². The van der Waals surface area contributed by atoms with E-state index in [2.05, 4.69) is 10.3 Å². The van der Waals surface area contributed by atoms with Crippen LogP contribution in [0, 0.1) is 0 Å². The van der Waals surface area contributed by atoms with Gasteiger partial charge in [-0.25, -0.2) is 4.68 Å². The van der Waals surface area contributed by atoms with Gasteiger partial charge in [0.05, 0.1) is 32.6 Å². The van der Waals surface area contributed by atoms with Crippen LogP contribution in [0.1, 0.15) is 33.4 Å². The van der Waals surface area contributed by atoms with Gasteiger partial charge in [0.1, 0.15) is 18.3 Å². The molecule has 9 heteroatoms. The standard InChI is InChI=1S/C29H30N4O5/c30-28(34)24-16-33(32-31-24)29-27(37-19-23-14-8-3-9-15-23)26(36-18-22-12-6-2-7-13-22)25(38-29)20-35-17-21-10-4-1-5-11-21/h1-16,25-27,29H,17-20H2,(H2,30,34)/t25-,26-,27+,29+/m1/s1. The molecular formula is C29H30N4O5. The molecule has 9 nitrogen and oxygen atoms in total. The van der Waals surface area contributed by atoms with E-state index < -0.39 is 30.4 Å². The zero-order chi connectivity index (χ0) is 26.2. The van der Waals surface area contributed by atoms with E-state index >= 15 is 0 Å². The number of ether oxygens (including phenoxy) is 4. The van der Waals surface area contributed by atoms with E-state index in [0.717, 1.165) is 16.7 Å². The van der Waals surface area contributed by atoms with Crippen molar-refractivity contribution in [2.45, 2.75) is 44.4 Å². The predicted molar refractivity (Wildman–Crippen MR) is 139 cm³/mol. The van der Waals surface area contributed by atoms with Crippen LogP contribution in [0.25, 0.3) is 0 Å². The summed E-state index contributed by atoms with van der Waals surface area (Å²) < 4.78 is 26.8. The largest absolute Gasteiger partial charge is 0.374 e. The number of hydrogen-bond donors (Lipinski definition) is 1. The third-order valence-electron chi connectivity index (χ3n) is 6.27. The smallest absolute Gasteiger partial charge is 0.270 e. The lowest BCUT2D eigenvalue weighted by atomic mass is 10.1. The van der Waals surface area contributed by atoms with Crippen LogP contribution in [-0.4, -0.2) is 45.8 Å². The minimum absolute atomic E-state index is 0.0425. The fourth-order valence-electron chi connectivity index (χ4n) is 4.35. The molecule has 0 radical (unpaired) electrons. The van der Waals surface area contributed by atoms with Gasteiger partial charge in [0.25, 0.3) is 5.91 Å². The first-order valence-electron chi connectivity index (χ1n) is 12.5. The lowest BCUT2D eigenvalue weighted by molar-refractivity contribution is -0.0936. The van der Waals surface area contributed by atoms with Crippen molar-refractivity contribution in [1.29, 1.82) is 0 Å². The second-order valence-corrected chi connectivity index (χ2v) is 9.04. The molecule has 0 aliphatic carbocycles. The molecule has 0 saturated carbocycles. The van der Waals surface area contributed by atoms with Crippen molar-refractivity contribution in [2.75, 3.05) is 6.61 Å². The van der Waals surface area contributed by atoms with Crippen LogP contribution >= 0.6 is 0 Å². The van der Waals surface area contributed by atoms with E-state index in [9.17, 15) is 4.79 Å². The van der Waals surface area contributed by atoms with Crippen molar-refractivity contribution in [3.8, 4) is 0 Å². The summed E-state index contributed by atoms with van der Waals surface area (Å²) >= 11 is 0. The van der Waals surface area contributed by atoms with Crippen LogP contribution in [0.2, 0.25) is 0 Å². The van der Waals surface area contributed by atoms with Crippen molar-refractivity contribution in [2.24, 2.45) is 5.73 Å². The molecule has 4 atom stereocenters. The maximum absolute atomic E-state index is 11.7. The van der Waals surface area contributed by atoms with Crippen molar-refractivity contribution >= 4 is 5.91 Å². The van der Waals surface area contributed by atoms with Crippen LogP contribution in [0.3, 0.4) is 0 Å². The van der Waals surface area contributed by atoms with Gasteiger partial charge in [-0.3, -0.25) is 4.79 Å². The average molecular weight is 515 g/mol. The van der Waals surface area contributed by atoms with Gasteiger partial charge in [-0.15, -0.1) is 5.10 Å². The van der Waals surface area contributed by atoms with Gasteiger partial charge in [0.2, 0.25) is 0 Å². The third-order valence-corrected chi connectivity index (χ3v) is 6.27. The molecule has 1 saturated heterocycles. The normalized spacial score (nSPS) is 20.9. The van der Waals surface area contributed by atoms with Crippen molar-refractivity contribution in [3.63, 3.8) is 0 Å². The molecule has 1 aliphatic heterocycles. The fraction of sp³-hybridized carbons (Fsp3) is 0.276. The number of nitrogens with two attached hydrogens (primary N) is 1. The summed E-state index contributed by atoms with van der Waals surface area (Å²) in [7, 11) is 0. The number of carbonyl (C=O) groups excluding carboxylic acids is 1. The van der Waals surface area contributed by atoms with Crippen LogP contribution in [-0.2, 0) is 38.8 Å². The molecule has 1 aromatic heterocycles. The first kappa shape index (κ1) is 25.7. The van der Waals surface area contributed by atoms with Gasteiger partial charge < -0.3 is 24.7 Å². The number of nitrogens with zero attached hydrogens (tertiary/aromatic N) is 3. The SMILES string of the molecule is NC(=O)c1cn([C@H]2O[C@H](COCc3ccccc3)[C@@H](OCc3ccccc3)[C@@H]2OCc2ccccc2)nn1. The van der Waals surface area contributed by atoms with E-state index in [1.165, 1.54) is 10.9 Å². The molecule has 2 N–H and O–H groups in total. The van der Waals surface area contributed by atoms with E-state index in [4.69, 9.17) is 24.7 Å². The Morgan fingerprint density at radius 3 is 1.84 bits per heavy atom. The number of hydrogen-bond acceptors (Lipinski definition) is 7. The first-order valence-corrected chi connectivity index (χ1v) is 12.5. The highest BCUT2D eigenvalue weighted by Gasteiger charge is 2.48. The summed E-state index contributed by atoms with van der Waals surface area (Å²) in [6.07, 6.45) is -0.750. The number of benzene rings is 3. The second kappa shape index (κ2) is 12.6. The van der Waals surface area contributed by atoms with Gasteiger partial charge in [-0.05, 0) is 16.7 Å². The van der Waals surface area contributed by atoms with Crippen LogP contribution in [0.4, 0.5) is 0 Å². The molecule has 38 heavy (non-hydrogen) atoms. The number of carbonyl (C=O) groups is 1. The summed E-state index contributed by atoms with van der Waals surface area (Å²) in [6.45, 7) is 1.41. The molecule has 0 spiro atoms. The summed E-state index contributed by atoms with van der Waals surface area (Å²) in [5.74, 6) is -0.671. The van der Waals surface area contributed by atoms with E-state index in [1.807, 2.05) is 91.0 Å². The van der Waals surface area contributed by atoms with Gasteiger partial charge in [0, 0.05) is 0 Å². The monoisotopic (exact) mass is 514 g/mol. The topological polar surface area (TPSA) is 111 Å². The van der Waals surface area contributed by atoms with Crippen molar-refractivity contribution in [3.05, 3.63) is 120 Å². The van der Waals surface area contributed by atoms with E-state index in [0.29, 0.717) is 19.8 Å². The summed E-state index contributed by atoms with van der Waals surface area (Å²) in [4.78, 5) is 11.7. The van der Waals surface area contributed by atoms with Crippen molar-refractivity contribution in [1.82, 2.24) is 15.0 Å². The Hall–Kier alpha value is -3.89. The molecule has 2 heterocycles. The van der Waals surface area contributed by atoms with Gasteiger partial charge >= 0.3 is 0 Å². The fourth-order valence-corrected chi connectivity index (χ4v) is 4.35. The average Bonchev–Trinajstić information content (AvgIpc) is 3.58.